The van der Waals surface area contributed by atoms with E-state index in [-0.39, 0.29) is 12.5 Å². The molecule has 0 aliphatic heterocycles. The van der Waals surface area contributed by atoms with Gasteiger partial charge in [0.05, 0.1) is 26.8 Å². The zero-order valence-corrected chi connectivity index (χ0v) is 18.3. The average molecular weight is 425 g/mol. The number of nitrogens with one attached hydrogen (secondary N) is 1. The van der Waals surface area contributed by atoms with Gasteiger partial charge in [-0.1, -0.05) is 29.4 Å². The molecule has 2 aromatic carbocycles. The number of carbonyl (C=O) groups excluding carboxylic acids is 1. The Kier molecular flexibility index (Phi) is 7.75. The van der Waals surface area contributed by atoms with Crippen molar-refractivity contribution < 1.29 is 18.8 Å². The molecule has 164 valence electrons. The van der Waals surface area contributed by atoms with Crippen LogP contribution < -0.4 is 10.1 Å². The summed E-state index contributed by atoms with van der Waals surface area (Å²) < 4.78 is 15.9. The van der Waals surface area contributed by atoms with Crippen LogP contribution in [0.3, 0.4) is 0 Å². The van der Waals surface area contributed by atoms with Crippen molar-refractivity contribution in [1.29, 1.82) is 0 Å². The molecule has 0 saturated carbocycles. The van der Waals surface area contributed by atoms with Crippen molar-refractivity contribution in [2.24, 2.45) is 0 Å². The molecule has 0 atom stereocenters. The van der Waals surface area contributed by atoms with Crippen LogP contribution in [0.5, 0.6) is 5.75 Å². The summed E-state index contributed by atoms with van der Waals surface area (Å²) in [5.41, 5.74) is 3.80. The lowest BCUT2D eigenvalue weighted by Crippen LogP contribution is -2.35. The summed E-state index contributed by atoms with van der Waals surface area (Å²) in [6.45, 7) is 5.55. The Labute approximate surface area is 182 Å². The van der Waals surface area contributed by atoms with Gasteiger partial charge in [-0.3, -0.25) is 9.69 Å². The minimum Gasteiger partial charge on any atom is -0.497 e. The van der Waals surface area contributed by atoms with E-state index < -0.39 is 0 Å². The molecule has 0 spiro atoms. The van der Waals surface area contributed by atoms with Gasteiger partial charge in [0.25, 0.3) is 0 Å². The zero-order chi connectivity index (χ0) is 22.2. The highest BCUT2D eigenvalue weighted by molar-refractivity contribution is 5.93. The van der Waals surface area contributed by atoms with E-state index in [1.54, 1.807) is 14.2 Å². The van der Waals surface area contributed by atoms with E-state index in [0.717, 1.165) is 22.4 Å². The van der Waals surface area contributed by atoms with Crippen LogP contribution in [0, 0.1) is 13.8 Å². The van der Waals surface area contributed by atoms with Gasteiger partial charge in [-0.2, -0.15) is 4.98 Å². The first kappa shape index (κ1) is 22.5. The van der Waals surface area contributed by atoms with Gasteiger partial charge in [-0.25, -0.2) is 0 Å². The third kappa shape index (κ3) is 6.13. The molecule has 0 fully saturated rings. The average Bonchev–Trinajstić information content (AvgIpc) is 3.24. The van der Waals surface area contributed by atoms with Gasteiger partial charge in [0.2, 0.25) is 17.6 Å². The maximum atomic E-state index is 12.7. The number of ether oxygens (including phenoxy) is 2. The Hall–Kier alpha value is -3.23. The SMILES string of the molecule is COCCN(CC(=O)Nc1cccc(C)c1C)Cc1nc(-c2cccc(OC)c2)no1. The fourth-order valence-electron chi connectivity index (χ4n) is 3.10. The summed E-state index contributed by atoms with van der Waals surface area (Å²) in [4.78, 5) is 19.0. The van der Waals surface area contributed by atoms with Crippen molar-refractivity contribution in [3.8, 4) is 17.1 Å². The van der Waals surface area contributed by atoms with Crippen molar-refractivity contribution in [1.82, 2.24) is 15.0 Å². The first-order chi connectivity index (χ1) is 15.0. The minimum absolute atomic E-state index is 0.114. The second kappa shape index (κ2) is 10.7. The molecule has 0 radical (unpaired) electrons. The van der Waals surface area contributed by atoms with Crippen LogP contribution in [-0.2, 0) is 16.1 Å². The molecule has 0 saturated heterocycles. The van der Waals surface area contributed by atoms with Crippen LogP contribution in [0.15, 0.2) is 47.0 Å². The van der Waals surface area contributed by atoms with Gasteiger partial charge in [0.15, 0.2) is 0 Å². The molecule has 1 heterocycles. The molecule has 31 heavy (non-hydrogen) atoms. The molecule has 0 aliphatic rings. The van der Waals surface area contributed by atoms with Crippen LogP contribution in [-0.4, -0.2) is 54.9 Å². The maximum absolute atomic E-state index is 12.7. The highest BCUT2D eigenvalue weighted by Crippen LogP contribution is 2.22. The van der Waals surface area contributed by atoms with Crippen molar-refractivity contribution in [2.45, 2.75) is 20.4 Å². The van der Waals surface area contributed by atoms with E-state index in [9.17, 15) is 4.79 Å². The lowest BCUT2D eigenvalue weighted by Gasteiger charge is -2.20. The molecular formula is C23H28N4O4. The van der Waals surface area contributed by atoms with Gasteiger partial charge in [0.1, 0.15) is 5.75 Å². The van der Waals surface area contributed by atoms with Gasteiger partial charge in [-0.15, -0.1) is 0 Å². The molecular weight excluding hydrogens is 396 g/mol. The normalized spacial score (nSPS) is 11.0. The Morgan fingerprint density at radius 1 is 1.16 bits per heavy atom. The summed E-state index contributed by atoms with van der Waals surface area (Å²) in [6.07, 6.45) is 0. The van der Waals surface area contributed by atoms with Crippen LogP contribution in [0.25, 0.3) is 11.4 Å². The number of carbonyl (C=O) groups is 1. The van der Waals surface area contributed by atoms with Gasteiger partial charge < -0.3 is 19.3 Å². The summed E-state index contributed by atoms with van der Waals surface area (Å²) in [6, 6.07) is 13.3. The van der Waals surface area contributed by atoms with Crippen LogP contribution in [0.4, 0.5) is 5.69 Å². The first-order valence-corrected chi connectivity index (χ1v) is 10.0. The van der Waals surface area contributed by atoms with Crippen molar-refractivity contribution in [3.63, 3.8) is 0 Å². The molecule has 8 nitrogen and oxygen atoms in total. The molecule has 1 aromatic heterocycles. The van der Waals surface area contributed by atoms with Crippen LogP contribution in [0.1, 0.15) is 17.0 Å². The highest BCUT2D eigenvalue weighted by Gasteiger charge is 2.17. The minimum atomic E-state index is -0.114. The fraction of sp³-hybridized carbons (Fsp3) is 0.348. The second-order valence-corrected chi connectivity index (χ2v) is 7.24. The first-order valence-electron chi connectivity index (χ1n) is 10.0. The molecule has 1 N–H and O–H groups in total. The predicted molar refractivity (Wildman–Crippen MR) is 118 cm³/mol. The summed E-state index contributed by atoms with van der Waals surface area (Å²) in [7, 11) is 3.24. The Balaban J connectivity index is 1.67. The summed E-state index contributed by atoms with van der Waals surface area (Å²) in [5, 5.41) is 7.05. The monoisotopic (exact) mass is 424 g/mol. The lowest BCUT2D eigenvalue weighted by atomic mass is 10.1. The number of aromatic nitrogens is 2. The predicted octanol–water partition coefficient (Wildman–Crippen LogP) is 3.45. The molecule has 0 unspecified atom stereocenters. The molecule has 1 amide bonds. The zero-order valence-electron chi connectivity index (χ0n) is 18.3. The number of benzene rings is 2. The van der Waals surface area contributed by atoms with Crippen molar-refractivity contribution >= 4 is 11.6 Å². The lowest BCUT2D eigenvalue weighted by molar-refractivity contribution is -0.117. The molecule has 8 heteroatoms. The summed E-state index contributed by atoms with van der Waals surface area (Å²) in [5.74, 6) is 1.50. The third-order valence-electron chi connectivity index (χ3n) is 5.01. The number of anilines is 1. The van der Waals surface area contributed by atoms with Gasteiger partial charge >= 0.3 is 0 Å². The maximum Gasteiger partial charge on any atom is 0.241 e. The standard InChI is InChI=1S/C23H28N4O4/c1-16-7-5-10-20(17(16)2)24-21(28)14-27(11-12-29-3)15-22-25-23(26-31-22)18-8-6-9-19(13-18)30-4/h5-10,13H,11-12,14-15H2,1-4H3,(H,24,28). The topological polar surface area (TPSA) is 89.7 Å². The highest BCUT2D eigenvalue weighted by atomic mass is 16.5. The van der Waals surface area contributed by atoms with Crippen LogP contribution >= 0.6 is 0 Å². The van der Waals surface area contributed by atoms with E-state index in [0.29, 0.717) is 37.2 Å². The number of amides is 1. The molecule has 3 rings (SSSR count). The Morgan fingerprint density at radius 2 is 1.97 bits per heavy atom. The van der Waals surface area contributed by atoms with E-state index in [4.69, 9.17) is 14.0 Å². The van der Waals surface area contributed by atoms with E-state index in [1.807, 2.05) is 61.2 Å². The quantitative estimate of drug-likeness (QED) is 0.533. The van der Waals surface area contributed by atoms with E-state index in [1.165, 1.54) is 0 Å². The Morgan fingerprint density at radius 3 is 2.74 bits per heavy atom. The Bertz CT molecular complexity index is 1020. The molecule has 0 bridgehead atoms. The number of hydrogen-bond donors (Lipinski definition) is 1. The number of aryl methyl sites for hydroxylation is 1. The number of rotatable bonds is 10. The second-order valence-electron chi connectivity index (χ2n) is 7.24. The smallest absolute Gasteiger partial charge is 0.241 e. The fourth-order valence-corrected chi connectivity index (χ4v) is 3.10. The summed E-state index contributed by atoms with van der Waals surface area (Å²) >= 11 is 0. The van der Waals surface area contributed by atoms with E-state index in [2.05, 4.69) is 15.5 Å². The number of hydrogen-bond acceptors (Lipinski definition) is 7. The van der Waals surface area contributed by atoms with Crippen molar-refractivity contribution in [3.05, 3.63) is 59.5 Å². The van der Waals surface area contributed by atoms with Crippen molar-refractivity contribution in [2.75, 3.05) is 39.2 Å². The molecule has 3 aromatic rings. The van der Waals surface area contributed by atoms with E-state index >= 15 is 0 Å². The number of methoxy groups -OCH3 is 2. The largest absolute Gasteiger partial charge is 0.497 e. The molecule has 0 aliphatic carbocycles. The number of nitrogens with zero attached hydrogens (tertiary/aromatic N) is 3. The van der Waals surface area contributed by atoms with Gasteiger partial charge in [-0.05, 0) is 43.2 Å². The third-order valence-corrected chi connectivity index (χ3v) is 5.01. The van der Waals surface area contributed by atoms with Gasteiger partial charge in [0, 0.05) is 24.9 Å². The van der Waals surface area contributed by atoms with Crippen LogP contribution in [0.2, 0.25) is 0 Å².